The first-order valence-corrected chi connectivity index (χ1v) is 6.25. The van der Waals surface area contributed by atoms with Crippen LogP contribution in [0.15, 0.2) is 24.3 Å². The molecule has 1 unspecified atom stereocenters. The van der Waals surface area contributed by atoms with Crippen molar-refractivity contribution >= 4 is 17.4 Å². The Morgan fingerprint density at radius 1 is 1.33 bits per heavy atom. The summed E-state index contributed by atoms with van der Waals surface area (Å²) in [5, 5.41) is 0.530. The number of thioether (sulfide) groups is 1. The van der Waals surface area contributed by atoms with Crippen molar-refractivity contribution in [1.29, 1.82) is 0 Å². The number of rotatable bonds is 6. The summed E-state index contributed by atoms with van der Waals surface area (Å²) in [6, 6.07) is 8.12. The Balaban J connectivity index is 2.33. The molecular weight excluding hydrogens is 206 g/mol. The number of benzene rings is 1. The quantitative estimate of drug-likeness (QED) is 0.597. The highest BCUT2D eigenvalue weighted by Gasteiger charge is 2.04. The summed E-state index contributed by atoms with van der Waals surface area (Å²) < 4.78 is 5.02. The SMILES string of the molecule is COCCCSC(C)c1ccc(N)cc1. The van der Waals surface area contributed by atoms with Crippen molar-refractivity contribution in [2.24, 2.45) is 0 Å². The Bertz CT molecular complexity index is 273. The summed E-state index contributed by atoms with van der Waals surface area (Å²) in [6.07, 6.45) is 1.11. The van der Waals surface area contributed by atoms with Gasteiger partial charge in [-0.05, 0) is 36.8 Å². The van der Waals surface area contributed by atoms with E-state index in [0.717, 1.165) is 24.5 Å². The minimum Gasteiger partial charge on any atom is -0.399 e. The van der Waals surface area contributed by atoms with Gasteiger partial charge in [-0.15, -0.1) is 0 Å². The molecule has 0 bridgehead atoms. The number of methoxy groups -OCH3 is 1. The van der Waals surface area contributed by atoms with E-state index in [-0.39, 0.29) is 0 Å². The molecule has 0 aliphatic rings. The van der Waals surface area contributed by atoms with E-state index < -0.39 is 0 Å². The first kappa shape index (κ1) is 12.4. The summed E-state index contributed by atoms with van der Waals surface area (Å²) in [5.41, 5.74) is 7.81. The molecule has 84 valence electrons. The lowest BCUT2D eigenvalue weighted by molar-refractivity contribution is 0.200. The normalized spacial score (nSPS) is 12.7. The highest BCUT2D eigenvalue weighted by Crippen LogP contribution is 2.28. The summed E-state index contributed by atoms with van der Waals surface area (Å²) in [6.45, 7) is 3.07. The van der Waals surface area contributed by atoms with Gasteiger partial charge < -0.3 is 10.5 Å². The van der Waals surface area contributed by atoms with E-state index in [1.54, 1.807) is 7.11 Å². The maximum Gasteiger partial charge on any atom is 0.0470 e. The molecule has 1 atom stereocenters. The van der Waals surface area contributed by atoms with E-state index in [4.69, 9.17) is 10.5 Å². The van der Waals surface area contributed by atoms with Gasteiger partial charge >= 0.3 is 0 Å². The maximum atomic E-state index is 5.64. The second-order valence-corrected chi connectivity index (χ2v) is 4.97. The van der Waals surface area contributed by atoms with Gasteiger partial charge in [-0.2, -0.15) is 11.8 Å². The summed E-state index contributed by atoms with van der Waals surface area (Å²) in [4.78, 5) is 0. The van der Waals surface area contributed by atoms with E-state index in [0.29, 0.717) is 5.25 Å². The third-order valence-corrected chi connectivity index (χ3v) is 3.56. The molecule has 2 N–H and O–H groups in total. The molecule has 0 aliphatic carbocycles. The van der Waals surface area contributed by atoms with Crippen LogP contribution in [-0.2, 0) is 4.74 Å². The molecule has 2 nitrogen and oxygen atoms in total. The molecular formula is C12H19NOS. The van der Waals surface area contributed by atoms with Crippen LogP contribution in [0, 0.1) is 0 Å². The van der Waals surface area contributed by atoms with E-state index in [1.165, 1.54) is 5.56 Å². The van der Waals surface area contributed by atoms with E-state index in [9.17, 15) is 0 Å². The fourth-order valence-electron chi connectivity index (χ4n) is 1.33. The minimum absolute atomic E-state index is 0.530. The van der Waals surface area contributed by atoms with Crippen LogP contribution in [-0.4, -0.2) is 19.5 Å². The molecule has 1 rings (SSSR count). The van der Waals surface area contributed by atoms with Crippen LogP contribution >= 0.6 is 11.8 Å². The molecule has 0 saturated carbocycles. The standard InChI is InChI=1S/C12H19NOS/c1-10(15-9-3-8-14-2)11-4-6-12(13)7-5-11/h4-7,10H,3,8-9,13H2,1-2H3. The Kier molecular flexibility index (Phi) is 5.58. The van der Waals surface area contributed by atoms with Gasteiger partial charge in [-0.3, -0.25) is 0 Å². The average Bonchev–Trinajstić information content (AvgIpc) is 2.25. The van der Waals surface area contributed by atoms with Crippen molar-refractivity contribution in [2.75, 3.05) is 25.2 Å². The largest absolute Gasteiger partial charge is 0.399 e. The highest BCUT2D eigenvalue weighted by atomic mass is 32.2. The van der Waals surface area contributed by atoms with E-state index in [2.05, 4.69) is 19.1 Å². The van der Waals surface area contributed by atoms with Gasteiger partial charge in [0.1, 0.15) is 0 Å². The van der Waals surface area contributed by atoms with Crippen LogP contribution in [0.2, 0.25) is 0 Å². The van der Waals surface area contributed by atoms with Crippen molar-refractivity contribution in [3.05, 3.63) is 29.8 Å². The Labute approximate surface area is 96.2 Å². The highest BCUT2D eigenvalue weighted by molar-refractivity contribution is 7.99. The van der Waals surface area contributed by atoms with E-state index >= 15 is 0 Å². The average molecular weight is 225 g/mol. The molecule has 0 amide bonds. The lowest BCUT2D eigenvalue weighted by Crippen LogP contribution is -1.94. The van der Waals surface area contributed by atoms with Crippen LogP contribution in [0.5, 0.6) is 0 Å². The van der Waals surface area contributed by atoms with Crippen LogP contribution in [0.4, 0.5) is 5.69 Å². The first-order chi connectivity index (χ1) is 7.24. The molecule has 0 aromatic heterocycles. The van der Waals surface area contributed by atoms with Crippen LogP contribution in [0.1, 0.15) is 24.2 Å². The van der Waals surface area contributed by atoms with Gasteiger partial charge in [0.2, 0.25) is 0 Å². The first-order valence-electron chi connectivity index (χ1n) is 5.20. The number of nitrogen functional groups attached to an aromatic ring is 1. The van der Waals surface area contributed by atoms with Crippen LogP contribution < -0.4 is 5.73 Å². The summed E-state index contributed by atoms with van der Waals surface area (Å²) in [7, 11) is 1.74. The van der Waals surface area contributed by atoms with Crippen molar-refractivity contribution < 1.29 is 4.74 Å². The van der Waals surface area contributed by atoms with Crippen molar-refractivity contribution in [3.63, 3.8) is 0 Å². The summed E-state index contributed by atoms with van der Waals surface area (Å²) in [5.74, 6) is 1.14. The Hall–Kier alpha value is -0.670. The van der Waals surface area contributed by atoms with Crippen LogP contribution in [0.25, 0.3) is 0 Å². The second kappa shape index (κ2) is 6.75. The van der Waals surface area contributed by atoms with Crippen LogP contribution in [0.3, 0.4) is 0 Å². The van der Waals surface area contributed by atoms with Gasteiger partial charge in [0.15, 0.2) is 0 Å². The minimum atomic E-state index is 0.530. The summed E-state index contributed by atoms with van der Waals surface area (Å²) >= 11 is 1.95. The van der Waals surface area contributed by atoms with Crippen molar-refractivity contribution in [2.45, 2.75) is 18.6 Å². The lowest BCUT2D eigenvalue weighted by atomic mass is 10.1. The van der Waals surface area contributed by atoms with Gasteiger partial charge in [0.05, 0.1) is 0 Å². The fourth-order valence-corrected chi connectivity index (χ4v) is 2.31. The molecule has 1 aromatic carbocycles. The predicted molar refractivity (Wildman–Crippen MR) is 68.2 cm³/mol. The lowest BCUT2D eigenvalue weighted by Gasteiger charge is -2.11. The number of nitrogens with two attached hydrogens (primary N) is 1. The smallest absolute Gasteiger partial charge is 0.0470 e. The third kappa shape index (κ3) is 4.58. The maximum absolute atomic E-state index is 5.64. The zero-order valence-corrected chi connectivity index (χ0v) is 10.2. The van der Waals surface area contributed by atoms with E-state index in [1.807, 2.05) is 23.9 Å². The molecule has 1 aromatic rings. The predicted octanol–water partition coefficient (Wildman–Crippen LogP) is 3.10. The van der Waals surface area contributed by atoms with Gasteiger partial charge in [-0.25, -0.2) is 0 Å². The Morgan fingerprint density at radius 3 is 2.60 bits per heavy atom. The van der Waals surface area contributed by atoms with Crippen molar-refractivity contribution in [3.8, 4) is 0 Å². The molecule has 15 heavy (non-hydrogen) atoms. The molecule has 0 radical (unpaired) electrons. The Morgan fingerprint density at radius 2 is 2.00 bits per heavy atom. The molecule has 0 aliphatic heterocycles. The molecule has 3 heteroatoms. The van der Waals surface area contributed by atoms with Gasteiger partial charge in [0, 0.05) is 24.7 Å². The zero-order valence-electron chi connectivity index (χ0n) is 9.40. The number of hydrogen-bond acceptors (Lipinski definition) is 3. The number of anilines is 1. The number of ether oxygens (including phenoxy) is 1. The number of hydrogen-bond donors (Lipinski definition) is 1. The topological polar surface area (TPSA) is 35.2 Å². The second-order valence-electron chi connectivity index (χ2n) is 3.53. The zero-order chi connectivity index (χ0) is 11.1. The van der Waals surface area contributed by atoms with Gasteiger partial charge in [0.25, 0.3) is 0 Å². The van der Waals surface area contributed by atoms with Gasteiger partial charge in [-0.1, -0.05) is 12.1 Å². The third-order valence-electron chi connectivity index (χ3n) is 2.27. The molecule has 0 heterocycles. The molecule has 0 saturated heterocycles. The monoisotopic (exact) mass is 225 g/mol. The molecule has 0 fully saturated rings. The van der Waals surface area contributed by atoms with Crippen molar-refractivity contribution in [1.82, 2.24) is 0 Å². The fraction of sp³-hybridized carbons (Fsp3) is 0.500. The molecule has 0 spiro atoms.